The van der Waals surface area contributed by atoms with Gasteiger partial charge < -0.3 is 4.57 Å². The third-order valence-corrected chi connectivity index (χ3v) is 5.48. The van der Waals surface area contributed by atoms with Crippen molar-refractivity contribution in [2.24, 2.45) is 0 Å². The summed E-state index contributed by atoms with van der Waals surface area (Å²) in [6, 6.07) is 8.94. The van der Waals surface area contributed by atoms with Crippen molar-refractivity contribution in [3.8, 4) is 0 Å². The molecule has 0 bridgehead atoms. The molecule has 1 aliphatic rings. The standard InChI is InChI=1S/C15H19ClN2S/c1-19-14-9-5-4-8-13(14)18-12-7-3-2-6-11(12)17-15(18)10-16/h2-3,6-7,13-14H,4-5,8-10H2,1H3. The van der Waals surface area contributed by atoms with Crippen molar-refractivity contribution in [1.82, 2.24) is 9.55 Å². The van der Waals surface area contributed by atoms with Gasteiger partial charge in [0, 0.05) is 11.3 Å². The number of halogens is 1. The van der Waals surface area contributed by atoms with Crippen LogP contribution in [-0.4, -0.2) is 21.1 Å². The molecule has 2 unspecified atom stereocenters. The molecule has 2 nitrogen and oxygen atoms in total. The molecule has 0 spiro atoms. The van der Waals surface area contributed by atoms with Crippen LogP contribution in [0.4, 0.5) is 0 Å². The van der Waals surface area contributed by atoms with E-state index in [-0.39, 0.29) is 0 Å². The minimum atomic E-state index is 0.492. The highest BCUT2D eigenvalue weighted by molar-refractivity contribution is 7.99. The SMILES string of the molecule is CSC1CCCCC1n1c(CCl)nc2ccccc21. The Balaban J connectivity index is 2.11. The van der Waals surface area contributed by atoms with Gasteiger partial charge >= 0.3 is 0 Å². The molecule has 1 heterocycles. The van der Waals surface area contributed by atoms with Crippen LogP contribution in [0.2, 0.25) is 0 Å². The quantitative estimate of drug-likeness (QED) is 0.769. The molecule has 2 aromatic rings. The van der Waals surface area contributed by atoms with Gasteiger partial charge in [0.15, 0.2) is 0 Å². The highest BCUT2D eigenvalue weighted by Crippen LogP contribution is 2.38. The number of para-hydroxylation sites is 2. The average molecular weight is 295 g/mol. The molecule has 0 aliphatic heterocycles. The fraction of sp³-hybridized carbons (Fsp3) is 0.533. The van der Waals surface area contributed by atoms with Crippen molar-refractivity contribution in [3.05, 3.63) is 30.1 Å². The topological polar surface area (TPSA) is 17.8 Å². The number of nitrogens with zero attached hydrogens (tertiary/aromatic N) is 2. The summed E-state index contributed by atoms with van der Waals surface area (Å²) in [7, 11) is 0. The van der Waals surface area contributed by atoms with E-state index >= 15 is 0 Å². The lowest BCUT2D eigenvalue weighted by Gasteiger charge is -2.32. The number of benzene rings is 1. The van der Waals surface area contributed by atoms with E-state index in [9.17, 15) is 0 Å². The number of imidazole rings is 1. The molecule has 4 heteroatoms. The van der Waals surface area contributed by atoms with Crippen LogP contribution in [0.1, 0.15) is 37.5 Å². The first-order chi connectivity index (χ1) is 9.35. The van der Waals surface area contributed by atoms with Gasteiger partial charge in [-0.2, -0.15) is 11.8 Å². The van der Waals surface area contributed by atoms with Crippen molar-refractivity contribution in [3.63, 3.8) is 0 Å². The lowest BCUT2D eigenvalue weighted by atomic mass is 9.94. The van der Waals surface area contributed by atoms with E-state index in [1.807, 2.05) is 17.8 Å². The van der Waals surface area contributed by atoms with Gasteiger partial charge in [0.2, 0.25) is 0 Å². The van der Waals surface area contributed by atoms with Crippen LogP contribution in [0.25, 0.3) is 11.0 Å². The molecule has 1 aromatic heterocycles. The number of hydrogen-bond donors (Lipinski definition) is 0. The van der Waals surface area contributed by atoms with E-state index in [0.29, 0.717) is 17.2 Å². The van der Waals surface area contributed by atoms with Gasteiger partial charge in [-0.1, -0.05) is 25.0 Å². The summed E-state index contributed by atoms with van der Waals surface area (Å²) in [5, 5.41) is 0.688. The van der Waals surface area contributed by atoms with Gasteiger partial charge in [0.1, 0.15) is 5.82 Å². The Morgan fingerprint density at radius 3 is 2.89 bits per heavy atom. The van der Waals surface area contributed by atoms with Crippen molar-refractivity contribution < 1.29 is 0 Å². The number of aromatic nitrogens is 2. The Morgan fingerprint density at radius 2 is 2.11 bits per heavy atom. The van der Waals surface area contributed by atoms with E-state index in [2.05, 4.69) is 29.0 Å². The van der Waals surface area contributed by atoms with Gasteiger partial charge in [-0.15, -0.1) is 11.6 Å². The fourth-order valence-electron chi connectivity index (χ4n) is 3.21. The molecule has 0 saturated heterocycles. The second kappa shape index (κ2) is 5.76. The molecule has 0 amide bonds. The summed E-state index contributed by atoms with van der Waals surface area (Å²) >= 11 is 8.11. The van der Waals surface area contributed by atoms with E-state index in [1.165, 1.54) is 31.2 Å². The van der Waals surface area contributed by atoms with Gasteiger partial charge in [0.05, 0.1) is 16.9 Å². The summed E-state index contributed by atoms with van der Waals surface area (Å²) in [6.45, 7) is 0. The Labute approximate surface area is 123 Å². The van der Waals surface area contributed by atoms with Crippen molar-refractivity contribution in [2.75, 3.05) is 6.26 Å². The van der Waals surface area contributed by atoms with Crippen LogP contribution in [0, 0.1) is 0 Å². The van der Waals surface area contributed by atoms with Gasteiger partial charge in [-0.3, -0.25) is 0 Å². The molecule has 1 saturated carbocycles. The molecule has 19 heavy (non-hydrogen) atoms. The predicted octanol–water partition coefficient (Wildman–Crippen LogP) is 4.62. The zero-order chi connectivity index (χ0) is 13.2. The van der Waals surface area contributed by atoms with Crippen LogP contribution < -0.4 is 0 Å². The van der Waals surface area contributed by atoms with Crippen molar-refractivity contribution in [2.45, 2.75) is 42.9 Å². The Kier molecular flexibility index (Phi) is 4.04. The lowest BCUT2D eigenvalue weighted by molar-refractivity contribution is 0.366. The van der Waals surface area contributed by atoms with Gasteiger partial charge in [0.25, 0.3) is 0 Å². The van der Waals surface area contributed by atoms with Crippen molar-refractivity contribution >= 4 is 34.4 Å². The maximum absolute atomic E-state index is 6.12. The number of hydrogen-bond acceptors (Lipinski definition) is 2. The van der Waals surface area contributed by atoms with Gasteiger partial charge in [-0.05, 0) is 31.2 Å². The molecule has 1 aromatic carbocycles. The minimum absolute atomic E-state index is 0.492. The lowest BCUT2D eigenvalue weighted by Crippen LogP contribution is -2.26. The normalized spacial score (nSPS) is 23.9. The second-order valence-electron chi connectivity index (χ2n) is 5.15. The second-order valence-corrected chi connectivity index (χ2v) is 6.49. The molecule has 3 rings (SSSR count). The van der Waals surface area contributed by atoms with Crippen LogP contribution in [0.5, 0.6) is 0 Å². The van der Waals surface area contributed by atoms with E-state index in [4.69, 9.17) is 16.6 Å². The monoisotopic (exact) mass is 294 g/mol. The molecular formula is C15H19ClN2S. The molecular weight excluding hydrogens is 276 g/mol. The maximum Gasteiger partial charge on any atom is 0.125 e. The summed E-state index contributed by atoms with van der Waals surface area (Å²) in [6.07, 6.45) is 7.44. The van der Waals surface area contributed by atoms with Crippen LogP contribution in [-0.2, 0) is 5.88 Å². The first kappa shape index (κ1) is 13.3. The van der Waals surface area contributed by atoms with Crippen LogP contribution in [0.3, 0.4) is 0 Å². The molecule has 2 atom stereocenters. The Bertz CT molecular complexity index is 566. The fourth-order valence-corrected chi connectivity index (χ4v) is 4.37. The third kappa shape index (κ3) is 2.38. The van der Waals surface area contributed by atoms with Crippen molar-refractivity contribution in [1.29, 1.82) is 0 Å². The zero-order valence-electron chi connectivity index (χ0n) is 11.2. The van der Waals surface area contributed by atoms with Crippen LogP contribution >= 0.6 is 23.4 Å². The predicted molar refractivity (Wildman–Crippen MR) is 84.1 cm³/mol. The smallest absolute Gasteiger partial charge is 0.125 e. The van der Waals surface area contributed by atoms with E-state index in [1.54, 1.807) is 0 Å². The summed E-state index contributed by atoms with van der Waals surface area (Å²) in [4.78, 5) is 4.70. The number of alkyl halides is 1. The highest BCUT2D eigenvalue weighted by atomic mass is 35.5. The highest BCUT2D eigenvalue weighted by Gasteiger charge is 2.28. The first-order valence-corrected chi connectivity index (χ1v) is 8.72. The summed E-state index contributed by atoms with van der Waals surface area (Å²) < 4.78 is 2.41. The van der Waals surface area contributed by atoms with Crippen LogP contribution in [0.15, 0.2) is 24.3 Å². The molecule has 0 N–H and O–H groups in total. The third-order valence-electron chi connectivity index (χ3n) is 4.09. The number of thioether (sulfide) groups is 1. The minimum Gasteiger partial charge on any atom is -0.323 e. The average Bonchev–Trinajstić information content (AvgIpc) is 2.85. The summed E-state index contributed by atoms with van der Waals surface area (Å²) in [5.74, 6) is 1.51. The Morgan fingerprint density at radius 1 is 1.32 bits per heavy atom. The molecule has 0 radical (unpaired) electrons. The number of fused-ring (bicyclic) bond motifs is 1. The molecule has 1 aliphatic carbocycles. The van der Waals surface area contributed by atoms with E-state index < -0.39 is 0 Å². The first-order valence-electron chi connectivity index (χ1n) is 6.89. The summed E-state index contributed by atoms with van der Waals surface area (Å²) in [5.41, 5.74) is 2.31. The zero-order valence-corrected chi connectivity index (χ0v) is 12.8. The van der Waals surface area contributed by atoms with E-state index in [0.717, 1.165) is 11.3 Å². The largest absolute Gasteiger partial charge is 0.323 e. The van der Waals surface area contributed by atoms with Gasteiger partial charge in [-0.25, -0.2) is 4.98 Å². The molecule has 102 valence electrons. The maximum atomic E-state index is 6.12. The number of rotatable bonds is 3. The Hall–Kier alpha value is -0.670. The molecule has 1 fully saturated rings.